The van der Waals surface area contributed by atoms with Gasteiger partial charge in [-0.15, -0.1) is 6.58 Å². The maximum absolute atomic E-state index is 13.9. The van der Waals surface area contributed by atoms with Gasteiger partial charge in [0.1, 0.15) is 17.7 Å². The molecule has 1 aliphatic heterocycles. The van der Waals surface area contributed by atoms with Crippen molar-refractivity contribution in [1.82, 2.24) is 20.9 Å². The van der Waals surface area contributed by atoms with Gasteiger partial charge in [-0.2, -0.15) is 0 Å². The first-order chi connectivity index (χ1) is 17.1. The second kappa shape index (κ2) is 12.1. The molecule has 3 unspecified atom stereocenters. The van der Waals surface area contributed by atoms with Gasteiger partial charge in [0.15, 0.2) is 0 Å². The molecule has 2 bridgehead atoms. The van der Waals surface area contributed by atoms with Gasteiger partial charge < -0.3 is 25.6 Å². The molecule has 208 valence electrons. The van der Waals surface area contributed by atoms with Crippen molar-refractivity contribution in [1.29, 1.82) is 0 Å². The number of nitrogens with zero attached hydrogens (tertiary/aromatic N) is 1. The minimum absolute atomic E-state index is 0.0527. The van der Waals surface area contributed by atoms with E-state index in [9.17, 15) is 24.0 Å². The maximum atomic E-state index is 13.9. The van der Waals surface area contributed by atoms with Crippen LogP contribution in [0.3, 0.4) is 0 Å². The van der Waals surface area contributed by atoms with E-state index >= 15 is 0 Å². The van der Waals surface area contributed by atoms with E-state index in [0.29, 0.717) is 19.3 Å². The highest BCUT2D eigenvalue weighted by atomic mass is 16.6. The van der Waals surface area contributed by atoms with Gasteiger partial charge in [-0.1, -0.05) is 40.2 Å². The lowest BCUT2D eigenvalue weighted by Gasteiger charge is -2.40. The van der Waals surface area contributed by atoms with Crippen LogP contribution < -0.4 is 16.0 Å². The third kappa shape index (κ3) is 7.79. The number of amides is 4. The summed E-state index contributed by atoms with van der Waals surface area (Å²) in [6, 6.07) is -2.82. The highest BCUT2D eigenvalue weighted by molar-refractivity contribution is 6.38. The molecule has 2 aliphatic rings. The van der Waals surface area contributed by atoms with Gasteiger partial charge in [0.25, 0.3) is 5.91 Å². The molecule has 37 heavy (non-hydrogen) atoms. The molecular weight excluding hydrogens is 476 g/mol. The largest absolute Gasteiger partial charge is 0.444 e. The fraction of sp³-hybridized carbons (Fsp3) is 0.741. The lowest BCUT2D eigenvalue weighted by atomic mass is 9.85. The van der Waals surface area contributed by atoms with Crippen LogP contribution >= 0.6 is 0 Å². The predicted molar refractivity (Wildman–Crippen MR) is 139 cm³/mol. The van der Waals surface area contributed by atoms with Crippen molar-refractivity contribution in [3.8, 4) is 0 Å². The normalized spacial score (nSPS) is 22.6. The number of alkyl carbamates (subject to hydrolysis) is 1. The third-order valence-electron chi connectivity index (χ3n) is 6.72. The number of carbonyl (C=O) groups is 5. The number of carbonyl (C=O) groups excluding carboxylic acids is 5. The van der Waals surface area contributed by atoms with E-state index in [0.717, 1.165) is 12.8 Å². The van der Waals surface area contributed by atoms with Gasteiger partial charge in [0, 0.05) is 12.6 Å². The van der Waals surface area contributed by atoms with Crippen LogP contribution in [0.2, 0.25) is 0 Å². The smallest absolute Gasteiger partial charge is 0.408 e. The van der Waals surface area contributed by atoms with Crippen LogP contribution in [0.15, 0.2) is 12.7 Å². The predicted octanol–water partition coefficient (Wildman–Crippen LogP) is 2.46. The Hall–Kier alpha value is -2.91. The first kappa shape index (κ1) is 30.3. The van der Waals surface area contributed by atoms with Crippen LogP contribution in [0.5, 0.6) is 0 Å². The first-order valence-electron chi connectivity index (χ1n) is 13.2. The van der Waals surface area contributed by atoms with E-state index in [1.807, 2.05) is 27.7 Å². The third-order valence-corrected chi connectivity index (χ3v) is 6.72. The summed E-state index contributed by atoms with van der Waals surface area (Å²) in [6.07, 6.45) is 3.88. The lowest BCUT2D eigenvalue weighted by Crippen LogP contribution is -2.62. The van der Waals surface area contributed by atoms with Crippen LogP contribution in [-0.4, -0.2) is 70.8 Å². The summed E-state index contributed by atoms with van der Waals surface area (Å²) in [5.41, 5.74) is -1.38. The molecule has 1 heterocycles. The molecule has 0 radical (unpaired) electrons. The Morgan fingerprint density at radius 3 is 2.24 bits per heavy atom. The summed E-state index contributed by atoms with van der Waals surface area (Å²) in [5.74, 6) is -2.37. The summed E-state index contributed by atoms with van der Waals surface area (Å²) in [5, 5.41) is 7.94. The van der Waals surface area contributed by atoms with E-state index in [4.69, 9.17) is 4.74 Å². The zero-order chi connectivity index (χ0) is 28.1. The minimum atomic E-state index is -0.989. The molecule has 5 atom stereocenters. The quantitative estimate of drug-likeness (QED) is 0.299. The van der Waals surface area contributed by atoms with Crippen molar-refractivity contribution in [2.45, 2.75) is 110 Å². The van der Waals surface area contributed by atoms with Crippen molar-refractivity contribution in [2.75, 3.05) is 6.54 Å². The highest BCUT2D eigenvalue weighted by Crippen LogP contribution is 2.43. The van der Waals surface area contributed by atoms with Crippen molar-refractivity contribution < 1.29 is 28.7 Å². The van der Waals surface area contributed by atoms with Crippen molar-refractivity contribution in [3.05, 3.63) is 12.7 Å². The summed E-state index contributed by atoms with van der Waals surface area (Å²) < 4.78 is 5.39. The van der Waals surface area contributed by atoms with E-state index < -0.39 is 52.8 Å². The van der Waals surface area contributed by atoms with Crippen molar-refractivity contribution >= 4 is 29.6 Å². The van der Waals surface area contributed by atoms with Gasteiger partial charge in [-0.25, -0.2) is 4.79 Å². The standard InChI is InChI=1S/C27H44N4O6/c1-9-11-18(20(32)23(34)28-14-10-2)29-22(33)19-16-12-13-17(15-16)31(19)24(35)21(26(3,4)5)30-25(36)37-27(6,7)8/h10,16-19,21H,2,9,11-15H2,1,3-8H3,(H,28,34)(H,29,33)(H,30,36)/t16?,17?,18-,19+,21?/m1/s1. The molecule has 3 N–H and O–H groups in total. The lowest BCUT2D eigenvalue weighted by molar-refractivity contribution is -0.147. The number of ether oxygens (including phenoxy) is 1. The zero-order valence-corrected chi connectivity index (χ0v) is 23.3. The Kier molecular flexibility index (Phi) is 9.91. The molecule has 1 saturated heterocycles. The molecule has 10 nitrogen and oxygen atoms in total. The fourth-order valence-electron chi connectivity index (χ4n) is 5.09. The van der Waals surface area contributed by atoms with Crippen molar-refractivity contribution in [3.63, 3.8) is 0 Å². The van der Waals surface area contributed by atoms with Gasteiger partial charge in [0.2, 0.25) is 17.6 Å². The number of hydrogen-bond acceptors (Lipinski definition) is 6. The molecule has 0 aromatic rings. The second-order valence-electron chi connectivity index (χ2n) is 12.1. The average molecular weight is 521 g/mol. The van der Waals surface area contributed by atoms with Gasteiger partial charge in [0.05, 0.1) is 6.04 Å². The molecule has 10 heteroatoms. The molecular formula is C27H44N4O6. The van der Waals surface area contributed by atoms with E-state index in [2.05, 4.69) is 22.5 Å². The molecule has 1 saturated carbocycles. The Morgan fingerprint density at radius 2 is 1.70 bits per heavy atom. The number of likely N-dealkylation sites (tertiary alicyclic amines) is 1. The Labute approximate surface area is 220 Å². The number of piperidine rings is 1. The molecule has 2 rings (SSSR count). The summed E-state index contributed by atoms with van der Waals surface area (Å²) in [6.45, 7) is 16.3. The number of nitrogens with one attached hydrogen (secondary N) is 3. The Balaban J connectivity index is 2.26. The molecule has 1 aliphatic carbocycles. The van der Waals surface area contributed by atoms with E-state index in [-0.39, 0.29) is 24.4 Å². The number of hydrogen-bond donors (Lipinski definition) is 3. The van der Waals surface area contributed by atoms with Gasteiger partial charge in [-0.05, 0) is 57.8 Å². The Bertz CT molecular complexity index is 904. The van der Waals surface area contributed by atoms with Gasteiger partial charge >= 0.3 is 6.09 Å². The number of ketones is 1. The minimum Gasteiger partial charge on any atom is -0.444 e. The van der Waals surface area contributed by atoms with Crippen LogP contribution in [0.25, 0.3) is 0 Å². The fourth-order valence-corrected chi connectivity index (χ4v) is 5.09. The summed E-state index contributed by atoms with van der Waals surface area (Å²) in [4.78, 5) is 66.6. The molecule has 4 amide bonds. The van der Waals surface area contributed by atoms with Crippen LogP contribution in [0.1, 0.15) is 80.6 Å². The van der Waals surface area contributed by atoms with Crippen molar-refractivity contribution in [2.24, 2.45) is 11.3 Å². The van der Waals surface area contributed by atoms with E-state index in [1.165, 1.54) is 6.08 Å². The Morgan fingerprint density at radius 1 is 1.05 bits per heavy atom. The van der Waals surface area contributed by atoms with Crippen LogP contribution in [-0.2, 0) is 23.9 Å². The van der Waals surface area contributed by atoms with Crippen LogP contribution in [0, 0.1) is 11.3 Å². The molecule has 0 aromatic heterocycles. The summed E-state index contributed by atoms with van der Waals surface area (Å²) in [7, 11) is 0. The topological polar surface area (TPSA) is 134 Å². The zero-order valence-electron chi connectivity index (χ0n) is 23.3. The second-order valence-corrected chi connectivity index (χ2v) is 12.1. The van der Waals surface area contributed by atoms with Crippen LogP contribution in [0.4, 0.5) is 4.79 Å². The number of fused-ring (bicyclic) bond motifs is 2. The molecule has 0 spiro atoms. The van der Waals surface area contributed by atoms with E-state index in [1.54, 1.807) is 25.7 Å². The molecule has 0 aromatic carbocycles. The molecule has 2 fully saturated rings. The summed E-state index contributed by atoms with van der Waals surface area (Å²) >= 11 is 0. The monoisotopic (exact) mass is 520 g/mol. The maximum Gasteiger partial charge on any atom is 0.408 e. The van der Waals surface area contributed by atoms with Gasteiger partial charge in [-0.3, -0.25) is 19.2 Å². The first-order valence-corrected chi connectivity index (χ1v) is 13.2. The number of Topliss-reactive ketones (excluding diaryl/α,β-unsaturated/α-hetero) is 1. The SMILES string of the molecule is C=CCNC(=O)C(=O)[C@@H](CCC)NC(=O)[C@@H]1C2CCC(C2)N1C(=O)C(NC(=O)OC(C)(C)C)C(C)(C)C. The average Bonchev–Trinajstić information content (AvgIpc) is 3.39. The number of rotatable bonds is 10. The highest BCUT2D eigenvalue weighted by Gasteiger charge is 2.54.